The lowest BCUT2D eigenvalue weighted by molar-refractivity contribution is 0.0526. The molecular formula is C14H15NO3. The normalized spacial score (nSPS) is 10.3. The van der Waals surface area contributed by atoms with Crippen LogP contribution in [0.1, 0.15) is 23.0 Å². The highest BCUT2D eigenvalue weighted by atomic mass is 16.5. The Morgan fingerprint density at radius 3 is 2.61 bits per heavy atom. The van der Waals surface area contributed by atoms with Gasteiger partial charge in [0.05, 0.1) is 18.8 Å². The molecule has 2 rings (SSSR count). The summed E-state index contributed by atoms with van der Waals surface area (Å²) < 4.78 is 6.79. The third kappa shape index (κ3) is 2.43. The van der Waals surface area contributed by atoms with Crippen LogP contribution in [-0.2, 0) is 11.3 Å². The van der Waals surface area contributed by atoms with Gasteiger partial charge in [-0.25, -0.2) is 4.79 Å². The van der Waals surface area contributed by atoms with E-state index in [0.29, 0.717) is 12.2 Å². The molecule has 1 N–H and O–H groups in total. The van der Waals surface area contributed by atoms with Crippen molar-refractivity contribution in [3.8, 4) is 5.69 Å². The second-order valence-electron chi connectivity index (χ2n) is 3.79. The second kappa shape index (κ2) is 5.51. The Hall–Kier alpha value is -2.07. The van der Waals surface area contributed by atoms with E-state index in [1.807, 2.05) is 35.0 Å². The lowest BCUT2D eigenvalue weighted by Gasteiger charge is -2.08. The number of aliphatic hydroxyl groups excluding tert-OH is 1. The Bertz CT molecular complexity index is 528. The van der Waals surface area contributed by atoms with Crippen molar-refractivity contribution in [2.24, 2.45) is 0 Å². The number of carbonyl (C=O) groups is 1. The van der Waals surface area contributed by atoms with E-state index in [1.165, 1.54) is 0 Å². The summed E-state index contributed by atoms with van der Waals surface area (Å²) in [4.78, 5) is 11.5. The van der Waals surface area contributed by atoms with Gasteiger partial charge in [0.25, 0.3) is 0 Å². The highest BCUT2D eigenvalue weighted by Crippen LogP contribution is 2.14. The third-order valence-electron chi connectivity index (χ3n) is 2.65. The van der Waals surface area contributed by atoms with Crippen LogP contribution >= 0.6 is 0 Å². The predicted molar refractivity (Wildman–Crippen MR) is 67.6 cm³/mol. The van der Waals surface area contributed by atoms with E-state index in [0.717, 1.165) is 11.4 Å². The Morgan fingerprint density at radius 2 is 2.00 bits per heavy atom. The van der Waals surface area contributed by atoms with E-state index in [1.54, 1.807) is 19.1 Å². The Balaban J connectivity index is 2.25. The fourth-order valence-electron chi connectivity index (χ4n) is 1.77. The van der Waals surface area contributed by atoms with Crippen molar-refractivity contribution in [2.45, 2.75) is 13.5 Å². The summed E-state index contributed by atoms with van der Waals surface area (Å²) >= 11 is 0. The van der Waals surface area contributed by atoms with Gasteiger partial charge >= 0.3 is 5.97 Å². The van der Waals surface area contributed by atoms with Gasteiger partial charge < -0.3 is 14.4 Å². The molecule has 0 fully saturated rings. The summed E-state index contributed by atoms with van der Waals surface area (Å²) in [5.74, 6) is -0.320. The molecule has 4 nitrogen and oxygen atoms in total. The second-order valence-corrected chi connectivity index (χ2v) is 3.79. The molecule has 1 aromatic carbocycles. The minimum atomic E-state index is -0.320. The topological polar surface area (TPSA) is 51.5 Å². The Morgan fingerprint density at radius 1 is 1.28 bits per heavy atom. The summed E-state index contributed by atoms with van der Waals surface area (Å²) in [6, 6.07) is 10.8. The molecule has 4 heteroatoms. The summed E-state index contributed by atoms with van der Waals surface area (Å²) in [5, 5.41) is 9.19. The van der Waals surface area contributed by atoms with E-state index in [2.05, 4.69) is 0 Å². The van der Waals surface area contributed by atoms with Crippen molar-refractivity contribution in [3.63, 3.8) is 0 Å². The molecule has 1 aromatic heterocycles. The van der Waals surface area contributed by atoms with E-state index in [4.69, 9.17) is 4.74 Å². The quantitative estimate of drug-likeness (QED) is 0.840. The van der Waals surface area contributed by atoms with Crippen LogP contribution in [-0.4, -0.2) is 22.2 Å². The van der Waals surface area contributed by atoms with E-state index < -0.39 is 0 Å². The Kier molecular flexibility index (Phi) is 3.79. The number of ether oxygens (including phenoxy) is 1. The van der Waals surface area contributed by atoms with Crippen LogP contribution in [0.25, 0.3) is 5.69 Å². The van der Waals surface area contributed by atoms with E-state index in [-0.39, 0.29) is 12.6 Å². The lowest BCUT2D eigenvalue weighted by Crippen LogP contribution is -2.05. The van der Waals surface area contributed by atoms with E-state index >= 15 is 0 Å². The van der Waals surface area contributed by atoms with Gasteiger partial charge in [-0.2, -0.15) is 0 Å². The number of nitrogens with zero attached hydrogens (tertiary/aromatic N) is 1. The molecule has 0 unspecified atom stereocenters. The first-order chi connectivity index (χ1) is 8.76. The average molecular weight is 245 g/mol. The molecule has 94 valence electrons. The van der Waals surface area contributed by atoms with Gasteiger partial charge in [-0.1, -0.05) is 0 Å². The zero-order valence-corrected chi connectivity index (χ0v) is 10.2. The zero-order valence-electron chi connectivity index (χ0n) is 10.2. The predicted octanol–water partition coefficient (Wildman–Crippen LogP) is 2.15. The minimum absolute atomic E-state index is 0.0212. The van der Waals surface area contributed by atoms with Gasteiger partial charge in [0.15, 0.2) is 0 Å². The van der Waals surface area contributed by atoms with Crippen LogP contribution in [0.3, 0.4) is 0 Å². The van der Waals surface area contributed by atoms with Crippen molar-refractivity contribution in [3.05, 3.63) is 53.9 Å². The summed E-state index contributed by atoms with van der Waals surface area (Å²) in [6.07, 6.45) is 1.87. The van der Waals surface area contributed by atoms with Crippen LogP contribution in [0.15, 0.2) is 42.6 Å². The highest BCUT2D eigenvalue weighted by molar-refractivity contribution is 5.89. The molecule has 0 spiro atoms. The number of esters is 1. The van der Waals surface area contributed by atoms with E-state index in [9.17, 15) is 9.90 Å². The van der Waals surface area contributed by atoms with Crippen LogP contribution in [0, 0.1) is 0 Å². The van der Waals surface area contributed by atoms with Crippen molar-refractivity contribution in [1.82, 2.24) is 4.57 Å². The van der Waals surface area contributed by atoms with Crippen LogP contribution < -0.4 is 0 Å². The standard InChI is InChI=1S/C14H15NO3/c1-2-18-14(17)11-5-7-12(8-6-11)15-9-3-4-13(15)10-16/h3-9,16H,2,10H2,1H3. The van der Waals surface area contributed by atoms with Gasteiger partial charge in [0.2, 0.25) is 0 Å². The zero-order chi connectivity index (χ0) is 13.0. The fourth-order valence-corrected chi connectivity index (χ4v) is 1.77. The summed E-state index contributed by atoms with van der Waals surface area (Å²) in [5.41, 5.74) is 2.23. The SMILES string of the molecule is CCOC(=O)c1ccc(-n2cccc2CO)cc1. The molecule has 18 heavy (non-hydrogen) atoms. The first-order valence-electron chi connectivity index (χ1n) is 5.81. The molecule has 0 aliphatic heterocycles. The summed E-state index contributed by atoms with van der Waals surface area (Å²) in [7, 11) is 0. The smallest absolute Gasteiger partial charge is 0.338 e. The Labute approximate surface area is 105 Å². The van der Waals surface area contributed by atoms with Crippen molar-refractivity contribution >= 4 is 5.97 Å². The minimum Gasteiger partial charge on any atom is -0.462 e. The molecule has 2 aromatic rings. The molecule has 0 amide bonds. The number of aromatic nitrogens is 1. The number of carbonyl (C=O) groups excluding carboxylic acids is 1. The molecule has 0 aliphatic rings. The van der Waals surface area contributed by atoms with Crippen LogP contribution in [0.5, 0.6) is 0 Å². The third-order valence-corrected chi connectivity index (χ3v) is 2.65. The van der Waals surface area contributed by atoms with Crippen molar-refractivity contribution in [2.75, 3.05) is 6.61 Å². The maximum atomic E-state index is 11.5. The van der Waals surface area contributed by atoms with Gasteiger partial charge in [-0.05, 0) is 43.3 Å². The van der Waals surface area contributed by atoms with Crippen molar-refractivity contribution < 1.29 is 14.6 Å². The molecule has 0 radical (unpaired) electrons. The number of hydrogen-bond donors (Lipinski definition) is 1. The summed E-state index contributed by atoms with van der Waals surface area (Å²) in [6.45, 7) is 2.12. The molecule has 0 saturated heterocycles. The fraction of sp³-hybridized carbons (Fsp3) is 0.214. The maximum Gasteiger partial charge on any atom is 0.338 e. The molecule has 0 aliphatic carbocycles. The van der Waals surface area contributed by atoms with Gasteiger partial charge in [0.1, 0.15) is 0 Å². The highest BCUT2D eigenvalue weighted by Gasteiger charge is 2.07. The van der Waals surface area contributed by atoms with Crippen LogP contribution in [0.4, 0.5) is 0 Å². The molecule has 0 bridgehead atoms. The maximum absolute atomic E-state index is 11.5. The largest absolute Gasteiger partial charge is 0.462 e. The average Bonchev–Trinajstić information content (AvgIpc) is 2.87. The number of aliphatic hydroxyl groups is 1. The van der Waals surface area contributed by atoms with Gasteiger partial charge in [0, 0.05) is 17.6 Å². The number of rotatable bonds is 4. The van der Waals surface area contributed by atoms with Gasteiger partial charge in [-0.15, -0.1) is 0 Å². The number of benzene rings is 1. The molecule has 0 atom stereocenters. The first kappa shape index (κ1) is 12.4. The molecular weight excluding hydrogens is 230 g/mol. The monoisotopic (exact) mass is 245 g/mol. The molecule has 0 saturated carbocycles. The van der Waals surface area contributed by atoms with Gasteiger partial charge in [-0.3, -0.25) is 0 Å². The van der Waals surface area contributed by atoms with Crippen LogP contribution in [0.2, 0.25) is 0 Å². The van der Waals surface area contributed by atoms with Crippen molar-refractivity contribution in [1.29, 1.82) is 0 Å². The molecule has 1 heterocycles. The number of hydrogen-bond acceptors (Lipinski definition) is 3. The lowest BCUT2D eigenvalue weighted by atomic mass is 10.2. The first-order valence-corrected chi connectivity index (χ1v) is 5.81.